The number of hydrogen-bond donors (Lipinski definition) is 1. The van der Waals surface area contributed by atoms with Crippen LogP contribution in [0.5, 0.6) is 0 Å². The SMILES string of the molecule is CCCCCCCCCCCCCCCC(=O)N/N=C\c1ccncc1. The van der Waals surface area contributed by atoms with Crippen LogP contribution in [0.1, 0.15) is 102 Å². The number of carbonyl (C=O) groups excluding carboxylic acids is 1. The monoisotopic (exact) mass is 359 g/mol. The van der Waals surface area contributed by atoms with Gasteiger partial charge in [-0.3, -0.25) is 9.78 Å². The number of unbranched alkanes of at least 4 members (excludes halogenated alkanes) is 12. The minimum Gasteiger partial charge on any atom is -0.273 e. The fourth-order valence-electron chi connectivity index (χ4n) is 2.99. The predicted molar refractivity (Wildman–Crippen MR) is 110 cm³/mol. The molecule has 0 aromatic carbocycles. The van der Waals surface area contributed by atoms with Gasteiger partial charge in [-0.15, -0.1) is 0 Å². The lowest BCUT2D eigenvalue weighted by molar-refractivity contribution is -0.121. The van der Waals surface area contributed by atoms with Crippen molar-refractivity contribution in [3.8, 4) is 0 Å². The molecule has 0 aliphatic heterocycles. The number of nitrogens with one attached hydrogen (secondary N) is 1. The maximum absolute atomic E-state index is 11.7. The summed E-state index contributed by atoms with van der Waals surface area (Å²) in [5.41, 5.74) is 3.52. The van der Waals surface area contributed by atoms with Crippen LogP contribution in [0.4, 0.5) is 0 Å². The molecule has 1 aromatic rings. The van der Waals surface area contributed by atoms with Gasteiger partial charge in [-0.2, -0.15) is 5.10 Å². The molecular formula is C22H37N3O. The summed E-state index contributed by atoms with van der Waals surface area (Å²) in [7, 11) is 0. The van der Waals surface area contributed by atoms with Crippen LogP contribution in [0, 0.1) is 0 Å². The number of carbonyl (C=O) groups is 1. The van der Waals surface area contributed by atoms with Gasteiger partial charge in [0, 0.05) is 18.8 Å². The van der Waals surface area contributed by atoms with Crippen LogP contribution in [0.25, 0.3) is 0 Å². The maximum Gasteiger partial charge on any atom is 0.240 e. The third-order valence-electron chi connectivity index (χ3n) is 4.62. The molecule has 1 amide bonds. The molecule has 0 atom stereocenters. The van der Waals surface area contributed by atoms with Crippen molar-refractivity contribution in [1.29, 1.82) is 0 Å². The van der Waals surface area contributed by atoms with E-state index in [0.29, 0.717) is 6.42 Å². The zero-order valence-corrected chi connectivity index (χ0v) is 16.6. The van der Waals surface area contributed by atoms with Crippen LogP contribution >= 0.6 is 0 Å². The first-order valence-electron chi connectivity index (χ1n) is 10.5. The van der Waals surface area contributed by atoms with Gasteiger partial charge in [0.1, 0.15) is 0 Å². The Morgan fingerprint density at radius 2 is 1.38 bits per heavy atom. The molecule has 1 N–H and O–H groups in total. The van der Waals surface area contributed by atoms with Gasteiger partial charge in [-0.1, -0.05) is 84.0 Å². The van der Waals surface area contributed by atoms with E-state index in [1.807, 2.05) is 12.1 Å². The zero-order valence-electron chi connectivity index (χ0n) is 16.6. The zero-order chi connectivity index (χ0) is 18.7. The van der Waals surface area contributed by atoms with Crippen molar-refractivity contribution in [2.75, 3.05) is 0 Å². The van der Waals surface area contributed by atoms with E-state index in [1.54, 1.807) is 18.6 Å². The van der Waals surface area contributed by atoms with Crippen LogP contribution in [0.15, 0.2) is 29.6 Å². The number of rotatable bonds is 16. The second-order valence-corrected chi connectivity index (χ2v) is 7.07. The van der Waals surface area contributed by atoms with Crippen molar-refractivity contribution in [2.45, 2.75) is 96.8 Å². The molecule has 0 aliphatic carbocycles. The Hall–Kier alpha value is -1.71. The standard InChI is InChI=1S/C22H37N3O/c1-2-3-4-5-6-7-8-9-10-11-12-13-14-15-22(26)25-24-20-21-16-18-23-19-17-21/h16-20H,2-15H2,1H3,(H,25,26)/b24-20-. The van der Waals surface area contributed by atoms with Crippen molar-refractivity contribution < 1.29 is 4.79 Å². The highest BCUT2D eigenvalue weighted by Crippen LogP contribution is 2.12. The predicted octanol–water partition coefficient (Wildman–Crippen LogP) is 6.01. The number of aromatic nitrogens is 1. The van der Waals surface area contributed by atoms with E-state index in [4.69, 9.17) is 0 Å². The van der Waals surface area contributed by atoms with E-state index in [-0.39, 0.29) is 5.91 Å². The second-order valence-electron chi connectivity index (χ2n) is 7.07. The lowest BCUT2D eigenvalue weighted by Gasteiger charge is -2.03. The Morgan fingerprint density at radius 3 is 1.92 bits per heavy atom. The van der Waals surface area contributed by atoms with Gasteiger partial charge >= 0.3 is 0 Å². The van der Waals surface area contributed by atoms with Crippen molar-refractivity contribution >= 4 is 12.1 Å². The highest BCUT2D eigenvalue weighted by molar-refractivity contribution is 5.82. The fraction of sp³-hybridized carbons (Fsp3) is 0.682. The third-order valence-corrected chi connectivity index (χ3v) is 4.62. The summed E-state index contributed by atoms with van der Waals surface area (Å²) in [6, 6.07) is 3.70. The first-order valence-corrected chi connectivity index (χ1v) is 10.5. The fourth-order valence-corrected chi connectivity index (χ4v) is 2.99. The molecule has 0 spiro atoms. The van der Waals surface area contributed by atoms with Gasteiger partial charge < -0.3 is 0 Å². The van der Waals surface area contributed by atoms with E-state index in [0.717, 1.165) is 18.4 Å². The van der Waals surface area contributed by atoms with Crippen LogP contribution < -0.4 is 5.43 Å². The molecule has 146 valence electrons. The van der Waals surface area contributed by atoms with Crippen molar-refractivity contribution in [1.82, 2.24) is 10.4 Å². The molecule has 1 rings (SSSR count). The van der Waals surface area contributed by atoms with Gasteiger partial charge in [0.05, 0.1) is 6.21 Å². The van der Waals surface area contributed by atoms with Crippen LogP contribution in [-0.2, 0) is 4.79 Å². The van der Waals surface area contributed by atoms with E-state index in [9.17, 15) is 4.79 Å². The second kappa shape index (κ2) is 16.7. The normalized spacial score (nSPS) is 11.1. The molecule has 1 heterocycles. The van der Waals surface area contributed by atoms with Gasteiger partial charge in [0.15, 0.2) is 0 Å². The summed E-state index contributed by atoms with van der Waals surface area (Å²) >= 11 is 0. The van der Waals surface area contributed by atoms with Gasteiger partial charge in [-0.25, -0.2) is 5.43 Å². The summed E-state index contributed by atoms with van der Waals surface area (Å²) in [5, 5.41) is 3.97. The highest BCUT2D eigenvalue weighted by atomic mass is 16.2. The molecular weight excluding hydrogens is 322 g/mol. The van der Waals surface area contributed by atoms with Crippen molar-refractivity contribution in [2.24, 2.45) is 5.10 Å². The molecule has 1 aromatic heterocycles. The Bertz CT molecular complexity index is 474. The summed E-state index contributed by atoms with van der Waals surface area (Å²) in [5.74, 6) is -0.00150. The third kappa shape index (κ3) is 13.6. The lowest BCUT2D eigenvalue weighted by atomic mass is 10.0. The van der Waals surface area contributed by atoms with E-state index in [1.165, 1.54) is 70.6 Å². The summed E-state index contributed by atoms with van der Waals surface area (Å²) in [6.45, 7) is 2.27. The van der Waals surface area contributed by atoms with Crippen LogP contribution in [-0.4, -0.2) is 17.1 Å². The molecule has 0 fully saturated rings. The molecule has 0 radical (unpaired) electrons. The summed E-state index contributed by atoms with van der Waals surface area (Å²) in [6.07, 6.45) is 22.7. The Labute approximate surface area is 159 Å². The molecule has 0 saturated carbocycles. The molecule has 0 aliphatic rings. The molecule has 0 unspecified atom stereocenters. The quantitative estimate of drug-likeness (QED) is 0.223. The first kappa shape index (κ1) is 22.3. The Balaban J connectivity index is 1.84. The lowest BCUT2D eigenvalue weighted by Crippen LogP contribution is -2.16. The average molecular weight is 360 g/mol. The van der Waals surface area contributed by atoms with Gasteiger partial charge in [0.25, 0.3) is 0 Å². The molecule has 0 bridgehead atoms. The van der Waals surface area contributed by atoms with E-state index < -0.39 is 0 Å². The van der Waals surface area contributed by atoms with Crippen LogP contribution in [0.3, 0.4) is 0 Å². The average Bonchev–Trinajstić information content (AvgIpc) is 2.66. The topological polar surface area (TPSA) is 54.4 Å². The summed E-state index contributed by atoms with van der Waals surface area (Å²) < 4.78 is 0. The number of amides is 1. The minimum atomic E-state index is -0.00150. The molecule has 26 heavy (non-hydrogen) atoms. The van der Waals surface area contributed by atoms with Crippen molar-refractivity contribution in [3.63, 3.8) is 0 Å². The maximum atomic E-state index is 11.7. The Morgan fingerprint density at radius 1 is 0.885 bits per heavy atom. The smallest absolute Gasteiger partial charge is 0.240 e. The van der Waals surface area contributed by atoms with E-state index in [2.05, 4.69) is 22.4 Å². The molecule has 4 nitrogen and oxygen atoms in total. The van der Waals surface area contributed by atoms with Crippen LogP contribution in [0.2, 0.25) is 0 Å². The van der Waals surface area contributed by atoms with E-state index >= 15 is 0 Å². The largest absolute Gasteiger partial charge is 0.273 e. The van der Waals surface area contributed by atoms with Gasteiger partial charge in [-0.05, 0) is 24.1 Å². The number of hydrogen-bond acceptors (Lipinski definition) is 3. The Kier molecular flexibility index (Phi) is 14.4. The number of hydrazone groups is 1. The van der Waals surface area contributed by atoms with Crippen molar-refractivity contribution in [3.05, 3.63) is 30.1 Å². The molecule has 4 heteroatoms. The van der Waals surface area contributed by atoms with Gasteiger partial charge in [0.2, 0.25) is 5.91 Å². The first-order chi connectivity index (χ1) is 12.8. The number of pyridine rings is 1. The number of nitrogens with zero attached hydrogens (tertiary/aromatic N) is 2. The highest BCUT2D eigenvalue weighted by Gasteiger charge is 1.99. The molecule has 0 saturated heterocycles. The summed E-state index contributed by atoms with van der Waals surface area (Å²) in [4.78, 5) is 15.6. The minimum absolute atomic E-state index is 0.00150.